The number of thioether (sulfide) groups is 1. The predicted octanol–water partition coefficient (Wildman–Crippen LogP) is 2.11. The van der Waals surface area contributed by atoms with Crippen LogP contribution < -0.4 is 5.32 Å². The number of aryl methyl sites for hydroxylation is 2. The fourth-order valence-corrected chi connectivity index (χ4v) is 3.71. The van der Waals surface area contributed by atoms with Gasteiger partial charge < -0.3 is 10.2 Å². The van der Waals surface area contributed by atoms with Gasteiger partial charge in [0.1, 0.15) is 0 Å². The van der Waals surface area contributed by atoms with Gasteiger partial charge in [0.2, 0.25) is 0 Å². The third-order valence-electron chi connectivity index (χ3n) is 3.45. The van der Waals surface area contributed by atoms with Gasteiger partial charge in [-0.2, -0.15) is 16.9 Å². The van der Waals surface area contributed by atoms with E-state index in [1.807, 2.05) is 6.92 Å². The Kier molecular flexibility index (Phi) is 6.19. The van der Waals surface area contributed by atoms with E-state index in [4.69, 9.17) is 0 Å². The molecule has 1 aliphatic rings. The highest BCUT2D eigenvalue weighted by Gasteiger charge is 2.12. The summed E-state index contributed by atoms with van der Waals surface area (Å²) in [7, 11) is 0. The highest BCUT2D eigenvalue weighted by molar-refractivity contribution is 9.10. The van der Waals surface area contributed by atoms with Crippen LogP contribution in [0, 0.1) is 6.92 Å². The van der Waals surface area contributed by atoms with Crippen molar-refractivity contribution in [2.75, 3.05) is 37.7 Å². The van der Waals surface area contributed by atoms with Crippen LogP contribution in [-0.4, -0.2) is 52.4 Å². The molecule has 0 bridgehead atoms. The van der Waals surface area contributed by atoms with Gasteiger partial charge in [-0.1, -0.05) is 0 Å². The van der Waals surface area contributed by atoms with Crippen molar-refractivity contribution in [3.63, 3.8) is 0 Å². The summed E-state index contributed by atoms with van der Waals surface area (Å²) in [6.07, 6.45) is 0. The molecule has 1 aromatic rings. The number of hydrogen-bond acceptors (Lipinski definition) is 4. The normalized spacial score (nSPS) is 17.0. The van der Waals surface area contributed by atoms with Crippen LogP contribution in [0.25, 0.3) is 0 Å². The van der Waals surface area contributed by atoms with E-state index in [1.54, 1.807) is 0 Å². The first-order valence-electron chi connectivity index (χ1n) is 6.95. The molecule has 2 rings (SSSR count). The van der Waals surface area contributed by atoms with Crippen molar-refractivity contribution in [2.24, 2.45) is 0 Å². The number of hydrogen-bond donors (Lipinski definition) is 1. The van der Waals surface area contributed by atoms with Gasteiger partial charge >= 0.3 is 0 Å². The van der Waals surface area contributed by atoms with Gasteiger partial charge in [-0.3, -0.25) is 4.68 Å². The Hall–Kier alpha value is -0.0400. The van der Waals surface area contributed by atoms with Crippen molar-refractivity contribution in [2.45, 2.75) is 26.9 Å². The molecular formula is C13H23BrN4S. The minimum atomic E-state index is 0.887. The predicted molar refractivity (Wildman–Crippen MR) is 85.8 cm³/mol. The second kappa shape index (κ2) is 7.67. The lowest BCUT2D eigenvalue weighted by atomic mass is 10.3. The molecular weight excluding hydrogens is 324 g/mol. The molecule has 1 N–H and O–H groups in total. The summed E-state index contributed by atoms with van der Waals surface area (Å²) >= 11 is 5.70. The first-order valence-corrected chi connectivity index (χ1v) is 8.89. The van der Waals surface area contributed by atoms with Gasteiger partial charge in [0, 0.05) is 50.8 Å². The lowest BCUT2D eigenvalue weighted by Crippen LogP contribution is -2.37. The average Bonchev–Trinajstić information content (AvgIpc) is 2.72. The maximum absolute atomic E-state index is 4.51. The Morgan fingerprint density at radius 2 is 2.11 bits per heavy atom. The second-order valence-corrected chi connectivity index (χ2v) is 6.81. The lowest BCUT2D eigenvalue weighted by Gasteiger charge is -2.26. The van der Waals surface area contributed by atoms with E-state index in [9.17, 15) is 0 Å². The molecule has 1 aliphatic heterocycles. The quantitative estimate of drug-likeness (QED) is 0.799. The van der Waals surface area contributed by atoms with Crippen molar-refractivity contribution >= 4 is 27.7 Å². The zero-order valence-corrected chi connectivity index (χ0v) is 14.2. The molecule has 0 unspecified atom stereocenters. The first-order chi connectivity index (χ1) is 9.22. The molecule has 4 nitrogen and oxygen atoms in total. The Balaban J connectivity index is 1.76. The van der Waals surface area contributed by atoms with Crippen LogP contribution >= 0.6 is 27.7 Å². The summed E-state index contributed by atoms with van der Waals surface area (Å²) in [5.41, 5.74) is 2.33. The summed E-state index contributed by atoms with van der Waals surface area (Å²) in [4.78, 5) is 2.54. The number of aromatic nitrogens is 2. The van der Waals surface area contributed by atoms with Gasteiger partial charge in [-0.05, 0) is 29.8 Å². The molecule has 0 spiro atoms. The maximum atomic E-state index is 4.51. The van der Waals surface area contributed by atoms with Crippen LogP contribution in [0.2, 0.25) is 0 Å². The zero-order valence-electron chi connectivity index (χ0n) is 11.8. The summed E-state index contributed by atoms with van der Waals surface area (Å²) < 4.78 is 3.22. The third-order valence-corrected chi connectivity index (χ3v) is 5.43. The highest BCUT2D eigenvalue weighted by Crippen LogP contribution is 2.20. The fraction of sp³-hybridized carbons (Fsp3) is 0.769. The van der Waals surface area contributed by atoms with Crippen LogP contribution in [0.5, 0.6) is 0 Å². The van der Waals surface area contributed by atoms with Crippen LogP contribution in [0.1, 0.15) is 18.3 Å². The topological polar surface area (TPSA) is 33.1 Å². The fourth-order valence-electron chi connectivity index (χ4n) is 2.31. The smallest absolute Gasteiger partial charge is 0.0739 e. The van der Waals surface area contributed by atoms with Crippen molar-refractivity contribution in [3.05, 3.63) is 15.9 Å². The van der Waals surface area contributed by atoms with E-state index in [2.05, 4.69) is 54.6 Å². The lowest BCUT2D eigenvalue weighted by molar-refractivity contribution is 0.300. The molecule has 1 aromatic heterocycles. The molecule has 1 saturated heterocycles. The molecule has 0 aromatic carbocycles. The van der Waals surface area contributed by atoms with Crippen molar-refractivity contribution in [1.82, 2.24) is 20.0 Å². The molecule has 0 atom stereocenters. The largest absolute Gasteiger partial charge is 0.310 e. The molecule has 0 aliphatic carbocycles. The van der Waals surface area contributed by atoms with E-state index < -0.39 is 0 Å². The Morgan fingerprint density at radius 3 is 2.79 bits per heavy atom. The van der Waals surface area contributed by atoms with Crippen LogP contribution in [-0.2, 0) is 13.1 Å². The number of nitrogens with one attached hydrogen (secondary N) is 1. The number of nitrogens with zero attached hydrogens (tertiary/aromatic N) is 3. The molecule has 0 saturated carbocycles. The Bertz CT molecular complexity index is 402. The van der Waals surface area contributed by atoms with Crippen LogP contribution in [0.3, 0.4) is 0 Å². The monoisotopic (exact) mass is 346 g/mol. The summed E-state index contributed by atoms with van der Waals surface area (Å²) in [6.45, 7) is 10.7. The second-order valence-electron chi connectivity index (χ2n) is 4.79. The van der Waals surface area contributed by atoms with E-state index in [0.29, 0.717) is 0 Å². The van der Waals surface area contributed by atoms with Gasteiger partial charge in [0.05, 0.1) is 15.9 Å². The maximum Gasteiger partial charge on any atom is 0.0739 e. The molecule has 6 heteroatoms. The van der Waals surface area contributed by atoms with Crippen LogP contribution in [0.15, 0.2) is 4.47 Å². The summed E-state index contributed by atoms with van der Waals surface area (Å²) in [5.74, 6) is 2.57. The summed E-state index contributed by atoms with van der Waals surface area (Å²) in [6, 6.07) is 0. The Labute approximate surface area is 128 Å². The Morgan fingerprint density at radius 1 is 1.37 bits per heavy atom. The van der Waals surface area contributed by atoms with E-state index in [1.165, 1.54) is 30.3 Å². The minimum Gasteiger partial charge on any atom is -0.310 e. The average molecular weight is 347 g/mol. The standard InChI is InChI=1S/C13H23BrN4S/c1-3-18-12(13(14)11(2)16-18)10-15-4-5-17-6-8-19-9-7-17/h15H,3-10H2,1-2H3. The van der Waals surface area contributed by atoms with E-state index >= 15 is 0 Å². The molecule has 1 fully saturated rings. The number of halogens is 1. The van der Waals surface area contributed by atoms with Gasteiger partial charge in [0.15, 0.2) is 0 Å². The molecule has 2 heterocycles. The SMILES string of the molecule is CCn1nc(C)c(Br)c1CNCCN1CCSCC1. The summed E-state index contributed by atoms with van der Waals surface area (Å²) in [5, 5.41) is 8.05. The third kappa shape index (κ3) is 4.21. The molecule has 108 valence electrons. The highest BCUT2D eigenvalue weighted by atomic mass is 79.9. The van der Waals surface area contributed by atoms with Gasteiger partial charge in [0.25, 0.3) is 0 Å². The first kappa shape index (κ1) is 15.4. The minimum absolute atomic E-state index is 0.887. The van der Waals surface area contributed by atoms with Gasteiger partial charge in [-0.15, -0.1) is 0 Å². The molecule has 0 radical (unpaired) electrons. The van der Waals surface area contributed by atoms with E-state index in [-0.39, 0.29) is 0 Å². The van der Waals surface area contributed by atoms with E-state index in [0.717, 1.165) is 36.3 Å². The zero-order chi connectivity index (χ0) is 13.7. The van der Waals surface area contributed by atoms with Crippen molar-refractivity contribution in [1.29, 1.82) is 0 Å². The van der Waals surface area contributed by atoms with Gasteiger partial charge in [-0.25, -0.2) is 0 Å². The number of rotatable bonds is 6. The van der Waals surface area contributed by atoms with Crippen molar-refractivity contribution < 1.29 is 0 Å². The van der Waals surface area contributed by atoms with Crippen molar-refractivity contribution in [3.8, 4) is 0 Å². The van der Waals surface area contributed by atoms with Crippen LogP contribution in [0.4, 0.5) is 0 Å². The molecule has 0 amide bonds. The molecule has 19 heavy (non-hydrogen) atoms.